The lowest BCUT2D eigenvalue weighted by molar-refractivity contribution is -0.173. The Kier molecular flexibility index (Phi) is 19.9. The van der Waals surface area contributed by atoms with Gasteiger partial charge in [0.05, 0.1) is 67.5 Å². The SMILES string of the molecule is CCc1c2c(nc3ccc(O)cc13)-c1cc3c(c(=O)n1C2)COC(=O)[C@@]3(CC)OC(=O)c1ccc(NC(=O)[C@H](C)NC(=O)[C@@H](NC(=O)CCOCCOCCNC(=O)[C@H](C)NC(=O)CCn2c(CN(C)NC)cc3cccnc32)C(C)C)cc1. The molecule has 0 radical (unpaired) electrons. The van der Waals surface area contributed by atoms with Gasteiger partial charge in [-0.05, 0) is 112 Å². The second-order valence-corrected chi connectivity index (χ2v) is 21.1. The van der Waals surface area contributed by atoms with Crippen molar-refractivity contribution in [1.29, 1.82) is 0 Å². The molecule has 24 nitrogen and oxygen atoms in total. The maximum Gasteiger partial charge on any atom is 0.355 e. The molecule has 446 valence electrons. The van der Waals surface area contributed by atoms with Gasteiger partial charge in [-0.25, -0.2) is 24.6 Å². The van der Waals surface area contributed by atoms with E-state index >= 15 is 0 Å². The van der Waals surface area contributed by atoms with Crippen LogP contribution in [-0.4, -0.2) is 136 Å². The van der Waals surface area contributed by atoms with E-state index in [-0.39, 0.29) is 111 Å². The summed E-state index contributed by atoms with van der Waals surface area (Å²) in [5, 5.41) is 27.5. The van der Waals surface area contributed by atoms with Crippen LogP contribution in [0.2, 0.25) is 0 Å². The highest BCUT2D eigenvalue weighted by Crippen LogP contribution is 2.43. The number of rotatable bonds is 27. The van der Waals surface area contributed by atoms with Gasteiger partial charge in [-0.2, -0.15) is 0 Å². The van der Waals surface area contributed by atoms with Crippen LogP contribution in [0.3, 0.4) is 0 Å². The van der Waals surface area contributed by atoms with Crippen LogP contribution in [0.15, 0.2) is 77.7 Å². The fourth-order valence-corrected chi connectivity index (χ4v) is 10.3. The first kappa shape index (κ1) is 61.5. The van der Waals surface area contributed by atoms with Gasteiger partial charge in [0.1, 0.15) is 36.1 Å². The van der Waals surface area contributed by atoms with Gasteiger partial charge in [-0.1, -0.05) is 27.7 Å². The summed E-state index contributed by atoms with van der Waals surface area (Å²) in [4.78, 5) is 116. The smallest absolute Gasteiger partial charge is 0.355 e. The van der Waals surface area contributed by atoms with E-state index < -0.39 is 58.9 Å². The second kappa shape index (κ2) is 27.2. The van der Waals surface area contributed by atoms with Crippen molar-refractivity contribution in [3.05, 3.63) is 117 Å². The molecule has 2 aliphatic heterocycles. The largest absolute Gasteiger partial charge is 0.508 e. The highest BCUT2D eigenvalue weighted by molar-refractivity contribution is 5.99. The van der Waals surface area contributed by atoms with E-state index in [1.165, 1.54) is 31.2 Å². The number of hydrogen-bond acceptors (Lipinski definition) is 17. The zero-order chi connectivity index (χ0) is 60.4. The van der Waals surface area contributed by atoms with E-state index in [4.69, 9.17) is 23.9 Å². The Morgan fingerprint density at radius 2 is 1.56 bits per heavy atom. The van der Waals surface area contributed by atoms with Gasteiger partial charge >= 0.3 is 11.9 Å². The molecule has 7 N–H and O–H groups in total. The number of pyridine rings is 3. The zero-order valence-corrected chi connectivity index (χ0v) is 48.5. The number of anilines is 1. The van der Waals surface area contributed by atoms with E-state index in [0.717, 1.165) is 33.2 Å². The van der Waals surface area contributed by atoms with Crippen LogP contribution in [0, 0.1) is 5.92 Å². The molecule has 84 heavy (non-hydrogen) atoms. The number of aryl methyl sites for hydroxylation is 2. The van der Waals surface area contributed by atoms with Crippen LogP contribution in [0.1, 0.15) is 99.1 Å². The Bertz CT molecular complexity index is 3530. The summed E-state index contributed by atoms with van der Waals surface area (Å²) < 4.78 is 26.3. The Morgan fingerprint density at radius 3 is 2.27 bits per heavy atom. The third-order valence-electron chi connectivity index (χ3n) is 15.0. The molecule has 0 fully saturated rings. The third-order valence-corrected chi connectivity index (χ3v) is 15.0. The number of hydrazine groups is 1. The lowest BCUT2D eigenvalue weighted by Gasteiger charge is -2.35. The molecule has 2 aliphatic rings. The predicted molar refractivity (Wildman–Crippen MR) is 310 cm³/mol. The number of ether oxygens (including phenoxy) is 4. The van der Waals surface area contributed by atoms with E-state index in [0.29, 0.717) is 36.4 Å². The minimum atomic E-state index is -1.97. The molecule has 8 rings (SSSR count). The maximum absolute atomic E-state index is 14.2. The van der Waals surface area contributed by atoms with Crippen molar-refractivity contribution < 1.29 is 57.6 Å². The number of nitrogens with one attached hydrogen (secondary N) is 6. The number of phenols is 1. The van der Waals surface area contributed by atoms with Crippen molar-refractivity contribution in [3.63, 3.8) is 0 Å². The topological polar surface area (TPSA) is 305 Å². The number of nitrogens with zero attached hydrogens (tertiary/aromatic N) is 5. The normalized spacial score (nSPS) is 15.4. The summed E-state index contributed by atoms with van der Waals surface area (Å²) in [6, 6.07) is 15.4. The lowest BCUT2D eigenvalue weighted by Crippen LogP contribution is -2.53. The summed E-state index contributed by atoms with van der Waals surface area (Å²) in [6.07, 6.45) is 2.36. The van der Waals surface area contributed by atoms with Gasteiger partial charge in [0.15, 0.2) is 0 Å². The average Bonchev–Trinajstić information content (AvgIpc) is 1.53. The molecule has 0 spiro atoms. The van der Waals surface area contributed by atoms with Crippen LogP contribution in [0.4, 0.5) is 5.69 Å². The molecule has 6 aromatic rings. The Labute approximate surface area is 485 Å². The quantitative estimate of drug-likeness (QED) is 0.0219. The second-order valence-electron chi connectivity index (χ2n) is 21.1. The standard InChI is InChI=1S/C60H73N11O13/c1-9-42-43-29-41(72)17-18-47(43)67-52-44(42)32-71-48(52)30-46-45(57(71)78)33-83-59(80)60(46,10-2)84-58(79)37-13-15-39(16-14-37)66-55(76)36(6)65-56(77)51(34(3)4)68-50(74)20-24-81-26-27-82-25-22-63-54(75)35(5)64-49(73)19-23-70-40(31-69(8)61-7)28-38-12-11-21-62-53(38)70/h11-18,21,28-30,34-36,51,61,72H,9-10,19-20,22-27,31-33H2,1-8H3,(H,63,75)(H,64,73)(H,65,77)(H,66,76)(H,68,74)/t35-,36-,51-,60-/m0/s1. The first-order valence-electron chi connectivity index (χ1n) is 28.1. The van der Waals surface area contributed by atoms with E-state index in [2.05, 4.69) is 37.0 Å². The van der Waals surface area contributed by atoms with Gasteiger partial charge in [-0.3, -0.25) is 34.2 Å². The highest BCUT2D eigenvalue weighted by atomic mass is 16.6. The lowest BCUT2D eigenvalue weighted by atomic mass is 9.85. The Balaban J connectivity index is 0.740. The van der Waals surface area contributed by atoms with Crippen molar-refractivity contribution in [3.8, 4) is 17.1 Å². The number of esters is 2. The van der Waals surface area contributed by atoms with Crippen molar-refractivity contribution in [2.45, 2.75) is 117 Å². The molecular weight excluding hydrogens is 1080 g/mol. The summed E-state index contributed by atoms with van der Waals surface area (Å²) in [7, 11) is 3.75. The van der Waals surface area contributed by atoms with Gasteiger partial charge in [0.2, 0.25) is 35.1 Å². The number of carbonyl (C=O) groups excluding carboxylic acids is 7. The van der Waals surface area contributed by atoms with Crippen molar-refractivity contribution in [1.82, 2.24) is 50.8 Å². The number of aromatic nitrogens is 4. The maximum atomic E-state index is 14.2. The molecule has 0 saturated carbocycles. The predicted octanol–water partition coefficient (Wildman–Crippen LogP) is 3.85. The summed E-state index contributed by atoms with van der Waals surface area (Å²) in [5.74, 6) is -4.22. The molecule has 0 unspecified atom stereocenters. The highest BCUT2D eigenvalue weighted by Gasteiger charge is 2.51. The van der Waals surface area contributed by atoms with Gasteiger partial charge in [-0.15, -0.1) is 0 Å². The number of hydrogen-bond donors (Lipinski definition) is 7. The van der Waals surface area contributed by atoms with Crippen LogP contribution in [-0.2, 0) is 86.0 Å². The minimum Gasteiger partial charge on any atom is -0.508 e. The average molecular weight is 1160 g/mol. The van der Waals surface area contributed by atoms with Crippen molar-refractivity contribution in [2.24, 2.45) is 5.92 Å². The molecule has 6 heterocycles. The molecule has 4 atom stereocenters. The monoisotopic (exact) mass is 1160 g/mol. The van der Waals surface area contributed by atoms with Crippen LogP contribution >= 0.6 is 0 Å². The number of carbonyl (C=O) groups is 7. The number of benzene rings is 2. The van der Waals surface area contributed by atoms with E-state index in [1.807, 2.05) is 48.8 Å². The van der Waals surface area contributed by atoms with Gasteiger partial charge in [0.25, 0.3) is 5.56 Å². The number of cyclic esters (lactones) is 1. The molecule has 4 aromatic heterocycles. The van der Waals surface area contributed by atoms with Crippen LogP contribution in [0.5, 0.6) is 5.75 Å². The summed E-state index contributed by atoms with van der Waals surface area (Å²) in [5.41, 5.74) is 6.58. The number of fused-ring (bicyclic) bond motifs is 6. The molecule has 0 bridgehead atoms. The molecule has 0 aliphatic carbocycles. The van der Waals surface area contributed by atoms with Crippen LogP contribution < -0.4 is 37.6 Å². The van der Waals surface area contributed by atoms with Crippen molar-refractivity contribution >= 4 is 69.1 Å². The van der Waals surface area contributed by atoms with Crippen molar-refractivity contribution in [2.75, 3.05) is 52.4 Å². The van der Waals surface area contributed by atoms with E-state index in [1.54, 1.807) is 62.7 Å². The first-order valence-corrected chi connectivity index (χ1v) is 28.1. The third kappa shape index (κ3) is 13.7. The van der Waals surface area contributed by atoms with Crippen LogP contribution in [0.25, 0.3) is 33.3 Å². The molecule has 0 saturated heterocycles. The number of amides is 5. The first-order chi connectivity index (χ1) is 40.3. The Hall–Kier alpha value is -8.58. The zero-order valence-electron chi connectivity index (χ0n) is 48.5. The van der Waals surface area contributed by atoms with Gasteiger partial charge in [0, 0.05) is 72.5 Å². The molecular formula is C60H73N11O13. The van der Waals surface area contributed by atoms with Gasteiger partial charge < -0.3 is 59.8 Å². The number of aromatic hydroxyl groups is 1. The summed E-state index contributed by atoms with van der Waals surface area (Å²) >= 11 is 0. The van der Waals surface area contributed by atoms with E-state index in [9.17, 15) is 43.5 Å². The Morgan fingerprint density at radius 1 is 0.833 bits per heavy atom. The molecule has 5 amide bonds. The summed E-state index contributed by atoms with van der Waals surface area (Å²) in [6.45, 7) is 11.9. The fourth-order valence-electron chi connectivity index (χ4n) is 10.3. The molecule has 2 aromatic carbocycles. The number of phenolic OH excluding ortho intramolecular Hbond substituents is 1. The molecule has 24 heteroatoms. The fraction of sp³-hybridized carbons (Fsp3) is 0.433. The minimum absolute atomic E-state index is 0.0353.